The SMILES string of the molecule is O=[N+]([O-])c1cc(C2C3=C(CCCS3(=O)=O)NC3=C2S(=O)(=O)CCC3)ccc1Cl. The Kier molecular flexibility index (Phi) is 4.55. The van der Waals surface area contributed by atoms with Crippen molar-refractivity contribution in [3.63, 3.8) is 0 Å². The summed E-state index contributed by atoms with van der Waals surface area (Å²) in [5.74, 6) is -1.25. The Bertz CT molecular complexity index is 1110. The first kappa shape index (κ1) is 19.4. The van der Waals surface area contributed by atoms with Crippen molar-refractivity contribution in [2.75, 3.05) is 11.5 Å². The van der Waals surface area contributed by atoms with Gasteiger partial charge in [0.15, 0.2) is 19.7 Å². The molecule has 4 rings (SSSR count). The molecule has 0 amide bonds. The number of nitrogens with one attached hydrogen (secondary N) is 1. The van der Waals surface area contributed by atoms with Crippen molar-refractivity contribution < 1.29 is 21.8 Å². The Morgan fingerprint density at radius 3 is 2.04 bits per heavy atom. The Morgan fingerprint density at radius 1 is 1.00 bits per heavy atom. The number of dihydropyridines is 1. The van der Waals surface area contributed by atoms with Crippen molar-refractivity contribution in [3.8, 4) is 0 Å². The van der Waals surface area contributed by atoms with E-state index in [0.717, 1.165) is 0 Å². The lowest BCUT2D eigenvalue weighted by molar-refractivity contribution is -0.384. The van der Waals surface area contributed by atoms with Crippen LogP contribution in [0.4, 0.5) is 5.69 Å². The normalized spacial score (nSPS) is 23.6. The molecule has 3 aliphatic rings. The van der Waals surface area contributed by atoms with Gasteiger partial charge in [-0.05, 0) is 37.3 Å². The second-order valence-corrected chi connectivity index (χ2v) is 11.6. The maximum Gasteiger partial charge on any atom is 0.288 e. The van der Waals surface area contributed by atoms with Crippen molar-refractivity contribution in [3.05, 3.63) is 60.1 Å². The van der Waals surface area contributed by atoms with Crippen LogP contribution >= 0.6 is 11.6 Å². The van der Waals surface area contributed by atoms with E-state index in [1.54, 1.807) is 0 Å². The monoisotopic (exact) mass is 444 g/mol. The zero-order valence-corrected chi connectivity index (χ0v) is 17.0. The average Bonchev–Trinajstić information content (AvgIpc) is 2.59. The smallest absolute Gasteiger partial charge is 0.288 e. The number of halogens is 1. The van der Waals surface area contributed by atoms with Gasteiger partial charge in [0.2, 0.25) is 0 Å². The van der Waals surface area contributed by atoms with E-state index < -0.39 is 30.5 Å². The molecule has 150 valence electrons. The average molecular weight is 445 g/mol. The predicted octanol–water partition coefficient (Wildman–Crippen LogP) is 2.78. The maximum absolute atomic E-state index is 12.9. The van der Waals surface area contributed by atoms with Crippen LogP contribution < -0.4 is 5.32 Å². The number of sulfone groups is 2. The minimum absolute atomic E-state index is 0.0135. The molecule has 0 bridgehead atoms. The highest BCUT2D eigenvalue weighted by atomic mass is 35.5. The van der Waals surface area contributed by atoms with Gasteiger partial charge in [-0.1, -0.05) is 17.7 Å². The van der Waals surface area contributed by atoms with Crippen molar-refractivity contribution >= 4 is 37.0 Å². The summed E-state index contributed by atoms with van der Waals surface area (Å²) in [5.41, 5.74) is 0.839. The minimum Gasteiger partial charge on any atom is -0.361 e. The third-order valence-corrected chi connectivity index (χ3v) is 9.55. The van der Waals surface area contributed by atoms with Gasteiger partial charge >= 0.3 is 0 Å². The van der Waals surface area contributed by atoms with Gasteiger partial charge in [0.25, 0.3) is 5.69 Å². The topological polar surface area (TPSA) is 123 Å². The van der Waals surface area contributed by atoms with E-state index in [0.29, 0.717) is 37.1 Å². The van der Waals surface area contributed by atoms with Gasteiger partial charge in [0, 0.05) is 17.5 Å². The Hall–Kier alpha value is -1.91. The molecule has 0 aliphatic carbocycles. The molecule has 0 spiro atoms. The minimum atomic E-state index is -3.71. The van der Waals surface area contributed by atoms with Gasteiger partial charge in [0.05, 0.1) is 32.2 Å². The summed E-state index contributed by atoms with van der Waals surface area (Å²) < 4.78 is 51.6. The lowest BCUT2D eigenvalue weighted by Gasteiger charge is -2.37. The van der Waals surface area contributed by atoms with Crippen LogP contribution in [0.5, 0.6) is 0 Å². The number of nitro groups is 1. The molecule has 0 saturated carbocycles. The van der Waals surface area contributed by atoms with Crippen LogP contribution in [0.25, 0.3) is 0 Å². The number of hydrogen-bond acceptors (Lipinski definition) is 7. The van der Waals surface area contributed by atoms with E-state index in [2.05, 4.69) is 5.32 Å². The lowest BCUT2D eigenvalue weighted by Crippen LogP contribution is -2.38. The number of hydrogen-bond donors (Lipinski definition) is 1. The number of nitrogens with zero attached hydrogens (tertiary/aromatic N) is 1. The van der Waals surface area contributed by atoms with Crippen LogP contribution in [0.15, 0.2) is 39.4 Å². The van der Waals surface area contributed by atoms with E-state index in [1.807, 2.05) is 0 Å². The Morgan fingerprint density at radius 2 is 1.54 bits per heavy atom. The van der Waals surface area contributed by atoms with Crippen LogP contribution in [-0.4, -0.2) is 33.3 Å². The molecule has 1 aromatic carbocycles. The largest absolute Gasteiger partial charge is 0.361 e. The van der Waals surface area contributed by atoms with E-state index in [-0.39, 0.29) is 37.6 Å². The molecule has 28 heavy (non-hydrogen) atoms. The molecule has 1 N–H and O–H groups in total. The Balaban J connectivity index is 2.02. The van der Waals surface area contributed by atoms with Gasteiger partial charge in [-0.3, -0.25) is 10.1 Å². The number of benzene rings is 1. The molecular formula is C17H17ClN2O6S2. The van der Waals surface area contributed by atoms with Crippen molar-refractivity contribution in [2.24, 2.45) is 0 Å². The van der Waals surface area contributed by atoms with Gasteiger partial charge in [-0.25, -0.2) is 16.8 Å². The van der Waals surface area contributed by atoms with Crippen molar-refractivity contribution in [2.45, 2.75) is 31.6 Å². The van der Waals surface area contributed by atoms with Crippen LogP contribution in [-0.2, 0) is 19.7 Å². The van der Waals surface area contributed by atoms with Crippen LogP contribution in [0, 0.1) is 10.1 Å². The molecule has 1 aromatic rings. The molecule has 3 aliphatic heterocycles. The molecule has 0 radical (unpaired) electrons. The highest BCUT2D eigenvalue weighted by Gasteiger charge is 2.45. The van der Waals surface area contributed by atoms with E-state index in [1.165, 1.54) is 18.2 Å². The van der Waals surface area contributed by atoms with Gasteiger partial charge in [-0.15, -0.1) is 0 Å². The quantitative estimate of drug-likeness (QED) is 0.549. The van der Waals surface area contributed by atoms with Gasteiger partial charge in [0.1, 0.15) is 5.02 Å². The zero-order chi connectivity index (χ0) is 20.3. The lowest BCUT2D eigenvalue weighted by atomic mass is 9.91. The molecule has 8 nitrogen and oxygen atoms in total. The van der Waals surface area contributed by atoms with Gasteiger partial charge < -0.3 is 5.32 Å². The summed E-state index contributed by atoms with van der Waals surface area (Å²) in [5, 5.41) is 14.3. The maximum atomic E-state index is 12.9. The fourth-order valence-electron chi connectivity index (χ4n) is 4.13. The van der Waals surface area contributed by atoms with Crippen LogP contribution in [0.2, 0.25) is 5.02 Å². The first-order valence-corrected chi connectivity index (χ1v) is 12.4. The fraction of sp³-hybridized carbons (Fsp3) is 0.412. The first-order valence-electron chi connectivity index (χ1n) is 8.74. The predicted molar refractivity (Wildman–Crippen MR) is 104 cm³/mol. The second kappa shape index (κ2) is 6.57. The van der Waals surface area contributed by atoms with Crippen LogP contribution in [0.1, 0.15) is 37.2 Å². The van der Waals surface area contributed by atoms with E-state index >= 15 is 0 Å². The van der Waals surface area contributed by atoms with Gasteiger partial charge in [-0.2, -0.15) is 0 Å². The molecule has 3 heterocycles. The summed E-state index contributed by atoms with van der Waals surface area (Å²) in [4.78, 5) is 10.7. The zero-order valence-electron chi connectivity index (χ0n) is 14.6. The molecule has 0 aromatic heterocycles. The highest BCUT2D eigenvalue weighted by Crippen LogP contribution is 2.48. The molecule has 0 fully saturated rings. The summed E-state index contributed by atoms with van der Waals surface area (Å²) >= 11 is 5.90. The fourth-order valence-corrected chi connectivity index (χ4v) is 8.16. The molecule has 0 unspecified atom stereocenters. The second-order valence-electron chi connectivity index (χ2n) is 7.06. The molecule has 0 saturated heterocycles. The summed E-state index contributed by atoms with van der Waals surface area (Å²) in [7, 11) is -7.42. The van der Waals surface area contributed by atoms with Crippen molar-refractivity contribution in [1.82, 2.24) is 5.32 Å². The first-order chi connectivity index (χ1) is 13.1. The van der Waals surface area contributed by atoms with Crippen LogP contribution in [0.3, 0.4) is 0 Å². The third kappa shape index (κ3) is 3.03. The highest BCUT2D eigenvalue weighted by molar-refractivity contribution is 7.96. The van der Waals surface area contributed by atoms with E-state index in [9.17, 15) is 26.9 Å². The number of rotatable bonds is 2. The third-order valence-electron chi connectivity index (χ3n) is 5.27. The number of allylic oxidation sites excluding steroid dienone is 4. The standard InChI is InChI=1S/C17H17ClN2O6S2/c18-11-6-5-10(9-14(11)20(21)22)15-16-12(3-1-7-27(16,23)24)19-13-4-2-8-28(25,26)17(13)15/h5-6,9,15,19H,1-4,7-8H2. The Labute approximate surface area is 167 Å². The summed E-state index contributed by atoms with van der Waals surface area (Å²) in [6.45, 7) is 0. The molecular weight excluding hydrogens is 428 g/mol. The summed E-state index contributed by atoms with van der Waals surface area (Å²) in [6.07, 6.45) is 1.85. The number of nitro benzene ring substituents is 1. The van der Waals surface area contributed by atoms with E-state index in [4.69, 9.17) is 11.6 Å². The molecule has 11 heteroatoms. The molecule has 0 atom stereocenters. The van der Waals surface area contributed by atoms with Crippen molar-refractivity contribution in [1.29, 1.82) is 0 Å². The summed E-state index contributed by atoms with van der Waals surface area (Å²) in [6, 6.07) is 3.96.